The lowest BCUT2D eigenvalue weighted by Crippen LogP contribution is -2.39. The van der Waals surface area contributed by atoms with Crippen molar-refractivity contribution in [3.63, 3.8) is 0 Å². The second-order valence-corrected chi connectivity index (χ2v) is 8.16. The minimum atomic E-state index is 0. The highest BCUT2D eigenvalue weighted by molar-refractivity contribution is 14.0. The lowest BCUT2D eigenvalue weighted by Gasteiger charge is -2.25. The lowest BCUT2D eigenvalue weighted by molar-refractivity contribution is 0.255. The Morgan fingerprint density at radius 3 is 2.73 bits per heavy atom. The zero-order valence-electron chi connectivity index (χ0n) is 17.8. The second kappa shape index (κ2) is 13.0. The standard InChI is InChI=1S/C22H32N4O2S.HI/c1-3-23-22(24-11-10-17-8-9-19(27)20(15-17)28-2)25-16-18(21-7-6-14-29-21)26-12-4-5-13-26;/h6-9,14-15,18,27H,3-5,10-13,16H2,1-2H3,(H2,23,24,25);1H. The van der Waals surface area contributed by atoms with Crippen LogP contribution in [0.15, 0.2) is 40.7 Å². The van der Waals surface area contributed by atoms with E-state index in [0.29, 0.717) is 11.8 Å². The molecule has 1 fully saturated rings. The predicted molar refractivity (Wildman–Crippen MR) is 136 cm³/mol. The molecule has 6 nitrogen and oxygen atoms in total. The third-order valence-corrected chi connectivity index (χ3v) is 6.14. The Balaban J connectivity index is 0.00000320. The van der Waals surface area contributed by atoms with Crippen molar-refractivity contribution < 1.29 is 9.84 Å². The van der Waals surface area contributed by atoms with Crippen LogP contribution >= 0.6 is 35.3 Å². The fraction of sp³-hybridized carbons (Fsp3) is 0.500. The highest BCUT2D eigenvalue weighted by Gasteiger charge is 2.24. The van der Waals surface area contributed by atoms with Crippen LogP contribution in [0, 0.1) is 0 Å². The summed E-state index contributed by atoms with van der Waals surface area (Å²) in [5.74, 6) is 1.52. The zero-order chi connectivity index (χ0) is 20.5. The fourth-order valence-electron chi connectivity index (χ4n) is 3.64. The molecule has 1 saturated heterocycles. The number of phenolic OH excluding ortho intramolecular Hbond substituents is 1. The van der Waals surface area contributed by atoms with Gasteiger partial charge in [0.05, 0.1) is 19.7 Å². The summed E-state index contributed by atoms with van der Waals surface area (Å²) in [5.41, 5.74) is 1.11. The molecule has 1 atom stereocenters. The molecule has 8 heteroatoms. The maximum Gasteiger partial charge on any atom is 0.191 e. The van der Waals surface area contributed by atoms with Gasteiger partial charge in [-0.2, -0.15) is 0 Å². The van der Waals surface area contributed by atoms with Crippen molar-refractivity contribution in [1.29, 1.82) is 0 Å². The molecule has 3 N–H and O–H groups in total. The summed E-state index contributed by atoms with van der Waals surface area (Å²) >= 11 is 1.82. The highest BCUT2D eigenvalue weighted by Crippen LogP contribution is 2.29. The van der Waals surface area contributed by atoms with Gasteiger partial charge in [-0.25, -0.2) is 0 Å². The molecule has 0 spiro atoms. The van der Waals surface area contributed by atoms with Crippen molar-refractivity contribution in [3.8, 4) is 11.5 Å². The molecule has 2 heterocycles. The summed E-state index contributed by atoms with van der Waals surface area (Å²) < 4.78 is 5.19. The molecule has 1 unspecified atom stereocenters. The van der Waals surface area contributed by atoms with Crippen LogP contribution in [-0.4, -0.2) is 55.8 Å². The first kappa shape index (κ1) is 24.7. The molecule has 0 radical (unpaired) electrons. The zero-order valence-corrected chi connectivity index (χ0v) is 20.9. The molecule has 1 aromatic heterocycles. The molecule has 2 aromatic rings. The van der Waals surface area contributed by atoms with Gasteiger partial charge < -0.3 is 20.5 Å². The molecular formula is C22H33IN4O2S. The van der Waals surface area contributed by atoms with Crippen molar-refractivity contribution in [1.82, 2.24) is 15.5 Å². The van der Waals surface area contributed by atoms with E-state index in [-0.39, 0.29) is 29.7 Å². The van der Waals surface area contributed by atoms with Gasteiger partial charge in [-0.3, -0.25) is 9.89 Å². The molecule has 0 aliphatic carbocycles. The number of phenols is 1. The monoisotopic (exact) mass is 544 g/mol. The molecule has 3 rings (SSSR count). The first-order chi connectivity index (χ1) is 14.2. The third kappa shape index (κ3) is 7.02. The van der Waals surface area contributed by atoms with E-state index >= 15 is 0 Å². The average Bonchev–Trinajstić information content (AvgIpc) is 3.44. The van der Waals surface area contributed by atoms with Crippen LogP contribution in [0.2, 0.25) is 0 Å². The molecule has 1 aromatic carbocycles. The quantitative estimate of drug-likeness (QED) is 0.253. The van der Waals surface area contributed by atoms with E-state index in [0.717, 1.165) is 50.7 Å². The van der Waals surface area contributed by atoms with E-state index in [4.69, 9.17) is 9.73 Å². The molecular weight excluding hydrogens is 511 g/mol. The molecule has 0 bridgehead atoms. The largest absolute Gasteiger partial charge is 0.504 e. The van der Waals surface area contributed by atoms with Gasteiger partial charge in [-0.05, 0) is 68.4 Å². The minimum absolute atomic E-state index is 0. The summed E-state index contributed by atoms with van der Waals surface area (Å²) in [6.45, 7) is 6.73. The van der Waals surface area contributed by atoms with Gasteiger partial charge in [0.1, 0.15) is 0 Å². The SMILES string of the molecule is CCNC(=NCC(c1cccs1)N1CCCC1)NCCc1ccc(O)c(OC)c1.I. The number of benzene rings is 1. The number of rotatable bonds is 9. The van der Waals surface area contributed by atoms with Gasteiger partial charge in [0.25, 0.3) is 0 Å². The van der Waals surface area contributed by atoms with Gasteiger partial charge in [0.2, 0.25) is 0 Å². The number of likely N-dealkylation sites (tertiary alicyclic amines) is 1. The van der Waals surface area contributed by atoms with Gasteiger partial charge in [-0.1, -0.05) is 12.1 Å². The van der Waals surface area contributed by atoms with Gasteiger partial charge >= 0.3 is 0 Å². The Labute approximate surface area is 200 Å². The predicted octanol–water partition coefficient (Wildman–Crippen LogP) is 4.02. The van der Waals surface area contributed by atoms with Crippen LogP contribution in [0.1, 0.15) is 36.2 Å². The van der Waals surface area contributed by atoms with Crippen molar-refractivity contribution in [2.24, 2.45) is 4.99 Å². The fourth-order valence-corrected chi connectivity index (χ4v) is 4.49. The second-order valence-electron chi connectivity index (χ2n) is 7.18. The summed E-state index contributed by atoms with van der Waals surface area (Å²) in [7, 11) is 1.57. The summed E-state index contributed by atoms with van der Waals surface area (Å²) in [4.78, 5) is 8.84. The van der Waals surface area contributed by atoms with Crippen LogP contribution in [0.25, 0.3) is 0 Å². The van der Waals surface area contributed by atoms with Crippen LogP contribution in [0.3, 0.4) is 0 Å². The van der Waals surface area contributed by atoms with Crippen molar-refractivity contribution in [3.05, 3.63) is 46.2 Å². The average molecular weight is 545 g/mol. The number of nitrogens with one attached hydrogen (secondary N) is 2. The maximum absolute atomic E-state index is 9.74. The highest BCUT2D eigenvalue weighted by atomic mass is 127. The normalized spacial score (nSPS) is 15.5. The number of guanidine groups is 1. The number of nitrogens with zero attached hydrogens (tertiary/aromatic N) is 2. The minimum Gasteiger partial charge on any atom is -0.504 e. The number of aliphatic imine (C=N–C) groups is 1. The van der Waals surface area contributed by atoms with Crippen molar-refractivity contribution in [2.45, 2.75) is 32.2 Å². The van der Waals surface area contributed by atoms with Crippen LogP contribution < -0.4 is 15.4 Å². The maximum atomic E-state index is 9.74. The van der Waals surface area contributed by atoms with Crippen LogP contribution in [0.5, 0.6) is 11.5 Å². The first-order valence-corrected chi connectivity index (χ1v) is 11.2. The first-order valence-electron chi connectivity index (χ1n) is 10.4. The molecule has 1 aliphatic rings. The number of ether oxygens (including phenoxy) is 1. The van der Waals surface area contributed by atoms with E-state index in [1.165, 1.54) is 17.7 Å². The van der Waals surface area contributed by atoms with E-state index in [1.807, 2.05) is 23.5 Å². The van der Waals surface area contributed by atoms with E-state index in [9.17, 15) is 5.11 Å². The topological polar surface area (TPSA) is 69.1 Å². The number of methoxy groups -OCH3 is 1. The van der Waals surface area contributed by atoms with Crippen LogP contribution in [-0.2, 0) is 6.42 Å². The summed E-state index contributed by atoms with van der Waals surface area (Å²) in [5, 5.41) is 18.7. The number of halogens is 1. The number of hydrogen-bond acceptors (Lipinski definition) is 5. The lowest BCUT2D eigenvalue weighted by atomic mass is 10.1. The van der Waals surface area contributed by atoms with Crippen LogP contribution in [0.4, 0.5) is 0 Å². The Kier molecular flexibility index (Phi) is 10.7. The third-order valence-electron chi connectivity index (χ3n) is 5.17. The van der Waals surface area contributed by atoms with Crippen molar-refractivity contribution >= 4 is 41.3 Å². The van der Waals surface area contributed by atoms with E-state index < -0.39 is 0 Å². The van der Waals surface area contributed by atoms with E-state index in [2.05, 4.69) is 40.0 Å². The number of thiophene rings is 1. The van der Waals surface area contributed by atoms with E-state index in [1.54, 1.807) is 13.2 Å². The van der Waals surface area contributed by atoms with Crippen molar-refractivity contribution in [2.75, 3.05) is 39.8 Å². The Hall–Kier alpha value is -1.52. The Bertz CT molecular complexity index is 779. The number of hydrogen-bond donors (Lipinski definition) is 3. The molecule has 0 amide bonds. The Morgan fingerprint density at radius 2 is 2.07 bits per heavy atom. The smallest absolute Gasteiger partial charge is 0.191 e. The van der Waals surface area contributed by atoms with Gasteiger partial charge in [0.15, 0.2) is 17.5 Å². The molecule has 166 valence electrons. The number of aromatic hydroxyl groups is 1. The summed E-state index contributed by atoms with van der Waals surface area (Å²) in [6, 6.07) is 10.2. The Morgan fingerprint density at radius 1 is 1.27 bits per heavy atom. The molecule has 1 aliphatic heterocycles. The van der Waals surface area contributed by atoms with Gasteiger partial charge in [0, 0.05) is 18.0 Å². The summed E-state index contributed by atoms with van der Waals surface area (Å²) in [6.07, 6.45) is 3.38. The molecule has 30 heavy (non-hydrogen) atoms. The van der Waals surface area contributed by atoms with Gasteiger partial charge in [-0.15, -0.1) is 35.3 Å². The molecule has 0 saturated carbocycles.